The minimum absolute atomic E-state index is 0.0570. The number of H-pyrrole nitrogens is 1. The van der Waals surface area contributed by atoms with E-state index < -0.39 is 0 Å². The molecule has 5 nitrogen and oxygen atoms in total. The molecule has 3 rings (SSSR count). The highest BCUT2D eigenvalue weighted by molar-refractivity contribution is 7.71. The summed E-state index contributed by atoms with van der Waals surface area (Å²) in [5.74, 6) is 1.21. The summed E-state index contributed by atoms with van der Waals surface area (Å²) in [5.41, 5.74) is 1.09. The number of benzene rings is 1. The first-order valence-electron chi connectivity index (χ1n) is 7.09. The van der Waals surface area contributed by atoms with Crippen LogP contribution in [0.15, 0.2) is 30.3 Å². The van der Waals surface area contributed by atoms with Gasteiger partial charge in [0.2, 0.25) is 5.91 Å². The highest BCUT2D eigenvalue weighted by atomic mass is 32.1. The maximum Gasteiger partial charge on any atom is 0.228 e. The molecule has 0 aliphatic heterocycles. The van der Waals surface area contributed by atoms with E-state index in [4.69, 9.17) is 12.2 Å². The molecular weight excluding hydrogens is 284 g/mol. The Hall–Kier alpha value is -1.95. The Morgan fingerprint density at radius 2 is 2.19 bits per heavy atom. The van der Waals surface area contributed by atoms with Crippen LogP contribution in [0.5, 0.6) is 0 Å². The molecule has 2 aromatic rings. The molecule has 0 bridgehead atoms. The van der Waals surface area contributed by atoms with Crippen LogP contribution in [0, 0.1) is 10.7 Å². The van der Waals surface area contributed by atoms with Crippen molar-refractivity contribution in [3.8, 4) is 0 Å². The van der Waals surface area contributed by atoms with Crippen LogP contribution in [0.1, 0.15) is 30.1 Å². The third kappa shape index (κ3) is 3.05. The van der Waals surface area contributed by atoms with Crippen LogP contribution in [0.3, 0.4) is 0 Å². The van der Waals surface area contributed by atoms with Gasteiger partial charge in [-0.25, -0.2) is 0 Å². The van der Waals surface area contributed by atoms with E-state index >= 15 is 0 Å². The molecule has 1 atom stereocenters. The molecule has 1 heterocycles. The third-order valence-corrected chi connectivity index (χ3v) is 4.29. The summed E-state index contributed by atoms with van der Waals surface area (Å²) in [4.78, 5) is 12.5. The number of carbonyl (C=O) groups is 1. The zero-order valence-corrected chi connectivity index (χ0v) is 12.7. The zero-order valence-electron chi connectivity index (χ0n) is 11.9. The standard InChI is InChI=1S/C15H18N4OS/c1-19-12(17-18-15(19)21)9-16-14(20)13(11-7-8-11)10-5-3-2-4-6-10/h2-6,11,13H,7-9H2,1H3,(H,16,20)(H,18,21). The van der Waals surface area contributed by atoms with Gasteiger partial charge in [-0.15, -0.1) is 0 Å². The largest absolute Gasteiger partial charge is 0.348 e. The van der Waals surface area contributed by atoms with Crippen LogP contribution in [0.4, 0.5) is 0 Å². The lowest BCUT2D eigenvalue weighted by molar-refractivity contribution is -0.123. The van der Waals surface area contributed by atoms with Gasteiger partial charge < -0.3 is 9.88 Å². The van der Waals surface area contributed by atoms with Gasteiger partial charge in [0.05, 0.1) is 12.5 Å². The summed E-state index contributed by atoms with van der Waals surface area (Å²) in [6, 6.07) is 9.99. The van der Waals surface area contributed by atoms with Crippen LogP contribution < -0.4 is 5.32 Å². The average molecular weight is 302 g/mol. The number of rotatable bonds is 5. The van der Waals surface area contributed by atoms with Crippen molar-refractivity contribution in [3.63, 3.8) is 0 Å². The molecule has 1 fully saturated rings. The maximum atomic E-state index is 12.5. The number of aromatic amines is 1. The SMILES string of the molecule is Cn1c(CNC(=O)C(c2ccccc2)C2CC2)n[nH]c1=S. The Kier molecular flexibility index (Phi) is 3.88. The van der Waals surface area contributed by atoms with Gasteiger partial charge in [0.25, 0.3) is 0 Å². The Morgan fingerprint density at radius 1 is 1.48 bits per heavy atom. The predicted molar refractivity (Wildman–Crippen MR) is 82.1 cm³/mol. The molecule has 0 radical (unpaired) electrons. The van der Waals surface area contributed by atoms with Crippen molar-refractivity contribution in [2.45, 2.75) is 25.3 Å². The Morgan fingerprint density at radius 3 is 2.76 bits per heavy atom. The first-order chi connectivity index (χ1) is 10.2. The monoisotopic (exact) mass is 302 g/mol. The third-order valence-electron chi connectivity index (χ3n) is 3.93. The number of hydrogen-bond donors (Lipinski definition) is 2. The van der Waals surface area contributed by atoms with Gasteiger partial charge in [-0.1, -0.05) is 30.3 Å². The quantitative estimate of drug-likeness (QED) is 0.833. The molecule has 0 saturated heterocycles. The van der Waals surface area contributed by atoms with E-state index in [0.717, 1.165) is 24.2 Å². The van der Waals surface area contributed by atoms with E-state index in [1.807, 2.05) is 37.4 Å². The summed E-state index contributed by atoms with van der Waals surface area (Å²) < 4.78 is 2.32. The van der Waals surface area contributed by atoms with E-state index in [-0.39, 0.29) is 11.8 Å². The second-order valence-electron chi connectivity index (χ2n) is 5.45. The Balaban J connectivity index is 1.71. The molecule has 1 saturated carbocycles. The van der Waals surface area contributed by atoms with Crippen LogP contribution in [0.25, 0.3) is 0 Å². The molecule has 2 N–H and O–H groups in total. The summed E-state index contributed by atoms with van der Waals surface area (Å²) in [6.45, 7) is 0.387. The molecule has 0 spiro atoms. The van der Waals surface area contributed by atoms with E-state index in [1.54, 1.807) is 4.57 Å². The van der Waals surface area contributed by atoms with Gasteiger partial charge in [0.1, 0.15) is 0 Å². The topological polar surface area (TPSA) is 62.7 Å². The van der Waals surface area contributed by atoms with Crippen LogP contribution in [-0.4, -0.2) is 20.7 Å². The lowest BCUT2D eigenvalue weighted by atomic mass is 9.93. The molecule has 21 heavy (non-hydrogen) atoms. The first-order valence-corrected chi connectivity index (χ1v) is 7.50. The number of amides is 1. The lowest BCUT2D eigenvalue weighted by Gasteiger charge is -2.16. The molecule has 6 heteroatoms. The smallest absolute Gasteiger partial charge is 0.228 e. The minimum Gasteiger partial charge on any atom is -0.348 e. The summed E-state index contributed by atoms with van der Waals surface area (Å²) in [5, 5.41) is 9.82. The van der Waals surface area contributed by atoms with Gasteiger partial charge in [-0.3, -0.25) is 9.89 Å². The van der Waals surface area contributed by atoms with Gasteiger partial charge in [0.15, 0.2) is 10.6 Å². The van der Waals surface area contributed by atoms with E-state index in [1.165, 1.54) is 0 Å². The van der Waals surface area contributed by atoms with E-state index in [9.17, 15) is 4.79 Å². The molecule has 1 unspecified atom stereocenters. The molecular formula is C15H18N4OS. The fraction of sp³-hybridized carbons (Fsp3) is 0.400. The van der Waals surface area contributed by atoms with Crippen LogP contribution >= 0.6 is 12.2 Å². The average Bonchev–Trinajstić information content (AvgIpc) is 3.27. The fourth-order valence-electron chi connectivity index (χ4n) is 2.54. The number of hydrogen-bond acceptors (Lipinski definition) is 3. The van der Waals surface area contributed by atoms with E-state index in [0.29, 0.717) is 17.2 Å². The second kappa shape index (κ2) is 5.81. The van der Waals surface area contributed by atoms with Crippen molar-refractivity contribution in [1.82, 2.24) is 20.1 Å². The molecule has 1 aliphatic rings. The number of nitrogens with zero attached hydrogens (tertiary/aromatic N) is 2. The van der Waals surface area contributed by atoms with Crippen molar-refractivity contribution in [1.29, 1.82) is 0 Å². The summed E-state index contributed by atoms with van der Waals surface area (Å²) in [7, 11) is 1.84. The van der Waals surface area contributed by atoms with Crippen molar-refractivity contribution in [3.05, 3.63) is 46.5 Å². The number of carbonyl (C=O) groups excluding carboxylic acids is 1. The summed E-state index contributed by atoms with van der Waals surface area (Å²) >= 11 is 5.07. The fourth-order valence-corrected chi connectivity index (χ4v) is 2.69. The highest BCUT2D eigenvalue weighted by Crippen LogP contribution is 2.42. The first kappa shape index (κ1) is 14.0. The molecule has 110 valence electrons. The van der Waals surface area contributed by atoms with Crippen molar-refractivity contribution < 1.29 is 4.79 Å². The minimum atomic E-state index is -0.0570. The van der Waals surface area contributed by atoms with Crippen LogP contribution in [-0.2, 0) is 18.4 Å². The second-order valence-corrected chi connectivity index (χ2v) is 5.83. The number of nitrogens with one attached hydrogen (secondary N) is 2. The van der Waals surface area contributed by atoms with Crippen molar-refractivity contribution in [2.75, 3.05) is 0 Å². The van der Waals surface area contributed by atoms with Gasteiger partial charge in [-0.2, -0.15) is 5.10 Å². The normalized spacial score (nSPS) is 15.7. The molecule has 1 aromatic carbocycles. The molecule has 1 amide bonds. The van der Waals surface area contributed by atoms with E-state index in [2.05, 4.69) is 15.5 Å². The van der Waals surface area contributed by atoms with Crippen molar-refractivity contribution in [2.24, 2.45) is 13.0 Å². The van der Waals surface area contributed by atoms with Gasteiger partial charge >= 0.3 is 0 Å². The molecule has 1 aliphatic carbocycles. The van der Waals surface area contributed by atoms with Gasteiger partial charge in [-0.05, 0) is 36.5 Å². The van der Waals surface area contributed by atoms with Crippen molar-refractivity contribution >= 4 is 18.1 Å². The predicted octanol–water partition coefficient (Wildman–Crippen LogP) is 2.29. The Labute approximate surface area is 128 Å². The van der Waals surface area contributed by atoms with Gasteiger partial charge in [0, 0.05) is 7.05 Å². The molecule has 1 aromatic heterocycles. The number of aromatic nitrogens is 3. The Bertz CT molecular complexity index is 687. The summed E-state index contributed by atoms with van der Waals surface area (Å²) in [6.07, 6.45) is 2.25. The maximum absolute atomic E-state index is 12.5. The zero-order chi connectivity index (χ0) is 14.8. The lowest BCUT2D eigenvalue weighted by Crippen LogP contribution is -2.31. The highest BCUT2D eigenvalue weighted by Gasteiger charge is 2.37. The van der Waals surface area contributed by atoms with Crippen LogP contribution in [0.2, 0.25) is 0 Å².